The molecule has 3 rings (SSSR count). The third kappa shape index (κ3) is 4.15. The van der Waals surface area contributed by atoms with Crippen LogP contribution < -0.4 is 15.6 Å². The molecule has 0 fully saturated rings. The van der Waals surface area contributed by atoms with Gasteiger partial charge in [-0.3, -0.25) is 14.2 Å². The molecule has 0 spiro atoms. The molecule has 0 aliphatic heterocycles. The van der Waals surface area contributed by atoms with Crippen LogP contribution in [0.4, 0.5) is 18.9 Å². The monoisotopic (exact) mass is 369 g/mol. The first-order valence-corrected chi connectivity index (χ1v) is 7.78. The van der Waals surface area contributed by atoms with Gasteiger partial charge in [0.1, 0.15) is 17.0 Å². The van der Waals surface area contributed by atoms with Gasteiger partial charge in [-0.15, -0.1) is 24.5 Å². The van der Waals surface area contributed by atoms with Gasteiger partial charge in [0.15, 0.2) is 0 Å². The number of halogens is 3. The molecule has 0 saturated heterocycles. The van der Waals surface area contributed by atoms with Crippen molar-refractivity contribution < 1.29 is 22.7 Å². The van der Waals surface area contributed by atoms with Gasteiger partial charge in [-0.25, -0.2) is 4.98 Å². The number of hydrogen-bond donors (Lipinski definition) is 1. The molecule has 1 N–H and O–H groups in total. The average Bonchev–Trinajstić information content (AvgIpc) is 3.00. The number of carbonyl (C=O) groups is 1. The molecule has 2 aromatic heterocycles. The van der Waals surface area contributed by atoms with E-state index < -0.39 is 18.0 Å². The van der Waals surface area contributed by atoms with Gasteiger partial charge in [0.2, 0.25) is 5.91 Å². The molecule has 6 nitrogen and oxygen atoms in total. The van der Waals surface area contributed by atoms with Gasteiger partial charge < -0.3 is 10.1 Å². The van der Waals surface area contributed by atoms with Crippen LogP contribution in [-0.2, 0) is 11.3 Å². The van der Waals surface area contributed by atoms with Crippen LogP contribution in [0.1, 0.15) is 0 Å². The zero-order valence-electron chi connectivity index (χ0n) is 12.4. The number of alkyl halides is 3. The highest BCUT2D eigenvalue weighted by Gasteiger charge is 2.30. The van der Waals surface area contributed by atoms with E-state index in [1.165, 1.54) is 29.8 Å². The van der Waals surface area contributed by atoms with Crippen molar-refractivity contribution in [3.05, 3.63) is 52.4 Å². The predicted octanol–water partition coefficient (Wildman–Crippen LogP) is 3.00. The molecular weight excluding hydrogens is 359 g/mol. The maximum Gasteiger partial charge on any atom is 0.573 e. The van der Waals surface area contributed by atoms with E-state index in [4.69, 9.17) is 0 Å². The van der Waals surface area contributed by atoms with Crippen LogP contribution in [0.2, 0.25) is 0 Å². The molecule has 0 unspecified atom stereocenters. The molecule has 1 amide bonds. The van der Waals surface area contributed by atoms with E-state index >= 15 is 0 Å². The van der Waals surface area contributed by atoms with Crippen molar-refractivity contribution in [2.24, 2.45) is 0 Å². The lowest BCUT2D eigenvalue weighted by atomic mass is 10.3. The number of anilines is 1. The lowest BCUT2D eigenvalue weighted by Crippen LogP contribution is -2.27. The van der Waals surface area contributed by atoms with Crippen LogP contribution in [0.25, 0.3) is 10.2 Å². The highest BCUT2D eigenvalue weighted by Crippen LogP contribution is 2.23. The molecule has 0 bridgehead atoms. The van der Waals surface area contributed by atoms with Crippen LogP contribution in [0.15, 0.2) is 46.8 Å². The molecular formula is C15H10F3N3O3S. The van der Waals surface area contributed by atoms with Crippen molar-refractivity contribution >= 4 is 33.1 Å². The summed E-state index contributed by atoms with van der Waals surface area (Å²) >= 11 is 1.23. The zero-order chi connectivity index (χ0) is 18.0. The number of hydrogen-bond acceptors (Lipinski definition) is 5. The van der Waals surface area contributed by atoms with Crippen LogP contribution in [-0.4, -0.2) is 21.8 Å². The van der Waals surface area contributed by atoms with Gasteiger partial charge in [0.25, 0.3) is 5.56 Å². The largest absolute Gasteiger partial charge is 0.573 e. The third-order valence-corrected chi connectivity index (χ3v) is 4.01. The van der Waals surface area contributed by atoms with Crippen molar-refractivity contribution in [3.63, 3.8) is 0 Å². The van der Waals surface area contributed by atoms with Crippen molar-refractivity contribution in [2.75, 3.05) is 5.32 Å². The number of fused-ring (bicyclic) bond motifs is 1. The standard InChI is InChI=1S/C15H10F3N3O3S/c16-15(17,18)24-10-3-1-9(2-4-10)20-12(22)7-21-8-19-11-5-6-25-13(11)14(21)23/h1-6,8H,7H2,(H,20,22). The quantitative estimate of drug-likeness (QED) is 0.767. The fourth-order valence-electron chi connectivity index (χ4n) is 2.09. The molecule has 0 aliphatic rings. The molecule has 130 valence electrons. The number of carbonyl (C=O) groups excluding carboxylic acids is 1. The van der Waals surface area contributed by atoms with E-state index in [2.05, 4.69) is 15.0 Å². The molecule has 0 radical (unpaired) electrons. The SMILES string of the molecule is O=C(Cn1cnc2ccsc2c1=O)Nc1ccc(OC(F)(F)F)cc1. The Balaban J connectivity index is 1.67. The number of aromatic nitrogens is 2. The van der Waals surface area contributed by atoms with E-state index in [0.717, 1.165) is 16.7 Å². The number of nitrogens with one attached hydrogen (secondary N) is 1. The molecule has 0 atom stereocenters. The van der Waals surface area contributed by atoms with Gasteiger partial charge in [-0.05, 0) is 35.7 Å². The van der Waals surface area contributed by atoms with Crippen molar-refractivity contribution in [2.45, 2.75) is 12.9 Å². The summed E-state index contributed by atoms with van der Waals surface area (Å²) in [6.07, 6.45) is -3.50. The first-order valence-electron chi connectivity index (χ1n) is 6.90. The normalized spacial score (nSPS) is 11.5. The second-order valence-electron chi connectivity index (χ2n) is 4.93. The Morgan fingerprint density at radius 1 is 1.24 bits per heavy atom. The maximum absolute atomic E-state index is 12.2. The summed E-state index contributed by atoms with van der Waals surface area (Å²) in [5, 5.41) is 4.22. The van der Waals surface area contributed by atoms with Crippen LogP contribution >= 0.6 is 11.3 Å². The number of benzene rings is 1. The Bertz CT molecular complexity index is 964. The Kier molecular flexibility index (Phi) is 4.45. The van der Waals surface area contributed by atoms with Crippen molar-refractivity contribution in [3.8, 4) is 5.75 Å². The van der Waals surface area contributed by atoms with Gasteiger partial charge >= 0.3 is 6.36 Å². The minimum atomic E-state index is -4.78. The fraction of sp³-hybridized carbons (Fsp3) is 0.133. The number of nitrogens with zero attached hydrogens (tertiary/aromatic N) is 2. The predicted molar refractivity (Wildman–Crippen MR) is 85.6 cm³/mol. The highest BCUT2D eigenvalue weighted by molar-refractivity contribution is 7.17. The fourth-order valence-corrected chi connectivity index (χ4v) is 2.88. The maximum atomic E-state index is 12.2. The second-order valence-corrected chi connectivity index (χ2v) is 5.85. The van der Waals surface area contributed by atoms with Gasteiger partial charge in [-0.1, -0.05) is 0 Å². The van der Waals surface area contributed by atoms with Crippen LogP contribution in [0.5, 0.6) is 5.75 Å². The van der Waals surface area contributed by atoms with E-state index in [0.29, 0.717) is 10.2 Å². The van der Waals surface area contributed by atoms with Crippen LogP contribution in [0.3, 0.4) is 0 Å². The van der Waals surface area contributed by atoms with Crippen molar-refractivity contribution in [1.82, 2.24) is 9.55 Å². The van der Waals surface area contributed by atoms with Gasteiger partial charge in [-0.2, -0.15) is 0 Å². The van der Waals surface area contributed by atoms with Crippen LogP contribution in [0, 0.1) is 0 Å². The first-order chi connectivity index (χ1) is 11.8. The molecule has 0 saturated carbocycles. The van der Waals surface area contributed by atoms with E-state index in [9.17, 15) is 22.8 Å². The number of thiophene rings is 1. The summed E-state index contributed by atoms with van der Waals surface area (Å²) in [5.74, 6) is -0.904. The Labute approximate surface area is 142 Å². The average molecular weight is 369 g/mol. The molecule has 25 heavy (non-hydrogen) atoms. The summed E-state index contributed by atoms with van der Waals surface area (Å²) in [4.78, 5) is 28.3. The number of amides is 1. The Morgan fingerprint density at radius 2 is 1.96 bits per heavy atom. The third-order valence-electron chi connectivity index (χ3n) is 3.12. The molecule has 1 aromatic carbocycles. The summed E-state index contributed by atoms with van der Waals surface area (Å²) in [6.45, 7) is -0.263. The summed E-state index contributed by atoms with van der Waals surface area (Å²) < 4.78 is 41.6. The topological polar surface area (TPSA) is 73.2 Å². The number of rotatable bonds is 4. The first kappa shape index (κ1) is 17.0. The molecule has 10 heteroatoms. The van der Waals surface area contributed by atoms with Gasteiger partial charge in [0, 0.05) is 5.69 Å². The smallest absolute Gasteiger partial charge is 0.406 e. The number of ether oxygens (including phenoxy) is 1. The minimum absolute atomic E-state index is 0.263. The van der Waals surface area contributed by atoms with Crippen molar-refractivity contribution in [1.29, 1.82) is 0 Å². The summed E-state index contributed by atoms with van der Waals surface area (Å²) in [5.41, 5.74) is 0.508. The molecule has 2 heterocycles. The highest BCUT2D eigenvalue weighted by atomic mass is 32.1. The lowest BCUT2D eigenvalue weighted by Gasteiger charge is -2.10. The Hall–Kier alpha value is -2.88. The zero-order valence-corrected chi connectivity index (χ0v) is 13.2. The molecule has 3 aromatic rings. The minimum Gasteiger partial charge on any atom is -0.406 e. The van der Waals surface area contributed by atoms with E-state index in [-0.39, 0.29) is 17.8 Å². The van der Waals surface area contributed by atoms with Gasteiger partial charge in [0.05, 0.1) is 11.8 Å². The second kappa shape index (κ2) is 6.55. The lowest BCUT2D eigenvalue weighted by molar-refractivity contribution is -0.274. The molecule has 0 aliphatic carbocycles. The van der Waals surface area contributed by atoms with E-state index in [1.807, 2.05) is 0 Å². The summed E-state index contributed by atoms with van der Waals surface area (Å²) in [6, 6.07) is 6.39. The Morgan fingerprint density at radius 3 is 2.64 bits per heavy atom. The van der Waals surface area contributed by atoms with E-state index in [1.54, 1.807) is 11.4 Å². The summed E-state index contributed by atoms with van der Waals surface area (Å²) in [7, 11) is 0.